The predicted octanol–water partition coefficient (Wildman–Crippen LogP) is 10.0. The molecule has 2 saturated carbocycles. The molecular weight excluding hydrogens is 891 g/mol. The second kappa shape index (κ2) is 18.7. The number of hydrogen-bond donors (Lipinski definition) is 4. The van der Waals surface area contributed by atoms with Crippen LogP contribution in [-0.2, 0) is 33.4 Å². The van der Waals surface area contributed by atoms with Gasteiger partial charge in [0.25, 0.3) is 5.82 Å². The Kier molecular flexibility index (Phi) is 13.5. The van der Waals surface area contributed by atoms with Crippen molar-refractivity contribution in [1.82, 2.24) is 24.9 Å². The number of benzene rings is 2. The van der Waals surface area contributed by atoms with Gasteiger partial charge in [0.05, 0.1) is 23.1 Å². The van der Waals surface area contributed by atoms with Crippen LogP contribution in [0.25, 0.3) is 45.3 Å². The van der Waals surface area contributed by atoms with Crippen molar-refractivity contribution < 1.29 is 64.9 Å². The van der Waals surface area contributed by atoms with Crippen molar-refractivity contribution in [3.63, 3.8) is 0 Å². The van der Waals surface area contributed by atoms with Crippen LogP contribution in [0.4, 0.5) is 26.3 Å². The van der Waals surface area contributed by atoms with Gasteiger partial charge in [0.15, 0.2) is 6.73 Å². The van der Waals surface area contributed by atoms with Crippen molar-refractivity contribution in [3.8, 4) is 56.8 Å². The summed E-state index contributed by atoms with van der Waals surface area (Å²) in [5.74, 6) is -0.194. The Labute approximate surface area is 375 Å². The van der Waals surface area contributed by atoms with E-state index in [1.54, 1.807) is 72.8 Å². The number of aromatic nitrogens is 6. The fourth-order valence-electron chi connectivity index (χ4n) is 6.53. The van der Waals surface area contributed by atoms with Crippen LogP contribution in [0.2, 0.25) is 25.7 Å². The standard InChI is InChI=1S/C26H30F3N3O4Si.C20H16F3N3O3/c1-37(2,3)13-12-35-17-32-15-22(26(27,28)29)31-23(32)19-6-9-21(30-14-19)18-4-7-20(8-5-18)36-16-25(10-11-25)24(33)34;21-20(22,23)16-10-25-17(26-16)13-3-6-15(24-9-13)12-1-4-14(5-2-12)29-11-19(7-8-19)18(27)28/h4-9,14-15H,10-13,16-17H2,1-3H3,(H,33,34);1-6,9-10H,7-8,11H2,(H,25,26)(H,27,28)/p+1. The molecule has 2 aliphatic carbocycles. The van der Waals surface area contributed by atoms with Gasteiger partial charge in [-0.2, -0.15) is 26.3 Å². The zero-order valence-corrected chi connectivity index (χ0v) is 37.1. The highest BCUT2D eigenvalue weighted by Crippen LogP contribution is 2.47. The average Bonchev–Trinajstić information content (AvgIpc) is 4.15. The molecule has 2 fully saturated rings. The van der Waals surface area contributed by atoms with E-state index in [0.717, 1.165) is 29.6 Å². The molecule has 0 unspecified atom stereocenters. The number of aliphatic carboxylic acids is 2. The van der Waals surface area contributed by atoms with Gasteiger partial charge in [-0.3, -0.25) is 19.6 Å². The van der Waals surface area contributed by atoms with Gasteiger partial charge in [0.1, 0.15) is 53.3 Å². The zero-order chi connectivity index (χ0) is 47.5. The summed E-state index contributed by atoms with van der Waals surface area (Å²) < 4.78 is 96.5. The van der Waals surface area contributed by atoms with Crippen LogP contribution < -0.4 is 14.0 Å². The van der Waals surface area contributed by atoms with Crippen LogP contribution in [0.1, 0.15) is 37.1 Å². The summed E-state index contributed by atoms with van der Waals surface area (Å²) in [6.07, 6.45) is -1.78. The van der Waals surface area contributed by atoms with Crippen LogP contribution in [0.3, 0.4) is 0 Å². The van der Waals surface area contributed by atoms with E-state index in [0.29, 0.717) is 66.3 Å². The summed E-state index contributed by atoms with van der Waals surface area (Å²) in [4.78, 5) is 39.7. The molecule has 0 spiro atoms. The van der Waals surface area contributed by atoms with Gasteiger partial charge in [0, 0.05) is 43.8 Å². The minimum Gasteiger partial charge on any atom is -0.492 e. The lowest BCUT2D eigenvalue weighted by Gasteiger charge is -2.14. The largest absolute Gasteiger partial charge is 0.492 e. The van der Waals surface area contributed by atoms with Crippen LogP contribution in [0.15, 0.2) is 97.6 Å². The smallest absolute Gasteiger partial charge is 0.457 e. The molecule has 6 aromatic rings. The van der Waals surface area contributed by atoms with Crippen molar-refractivity contribution >= 4 is 20.0 Å². The number of pyridine rings is 2. The van der Waals surface area contributed by atoms with E-state index in [4.69, 9.17) is 19.3 Å². The molecule has 2 aliphatic rings. The zero-order valence-electron chi connectivity index (χ0n) is 36.1. The third kappa shape index (κ3) is 11.8. The fourth-order valence-corrected chi connectivity index (χ4v) is 7.28. The van der Waals surface area contributed by atoms with Crippen LogP contribution in [-0.4, -0.2) is 75.0 Å². The maximum Gasteiger partial charge on any atom is 0.457 e. The second-order valence-electron chi connectivity index (χ2n) is 17.6. The summed E-state index contributed by atoms with van der Waals surface area (Å²) in [5, 5.41) is 18.4. The molecule has 4 N–H and O–H groups in total. The lowest BCUT2D eigenvalue weighted by Crippen LogP contribution is -2.36. The quantitative estimate of drug-likeness (QED) is 0.0298. The molecule has 66 heavy (non-hydrogen) atoms. The molecule has 0 bridgehead atoms. The SMILES string of the molecule is C[Si](C)(C)CCOC[n+]1cc(C(F)(F)F)[nH]c1-c1ccc(-c2ccc(OCC3(C(=O)O)CC3)cc2)nc1.O=C(O)C1(COc2ccc(-c3ccc(-c4ncc(C(F)(F)F)[nH]4)cn3)cc2)CC1. The first-order chi connectivity index (χ1) is 31.1. The van der Waals surface area contributed by atoms with Gasteiger partial charge < -0.3 is 29.4 Å². The number of hydrogen-bond acceptors (Lipinski definition) is 8. The summed E-state index contributed by atoms with van der Waals surface area (Å²) in [6, 6.07) is 21.8. The van der Waals surface area contributed by atoms with E-state index in [1.807, 2.05) is 0 Å². The Balaban J connectivity index is 0.000000202. The molecule has 0 atom stereocenters. The molecule has 4 heterocycles. The Morgan fingerprint density at radius 1 is 0.652 bits per heavy atom. The summed E-state index contributed by atoms with van der Waals surface area (Å²) in [5.41, 5.74) is 0.497. The summed E-state index contributed by atoms with van der Waals surface area (Å²) in [6.45, 7) is 7.39. The van der Waals surface area contributed by atoms with Gasteiger partial charge in [0.2, 0.25) is 5.69 Å². The van der Waals surface area contributed by atoms with E-state index < -0.39 is 54.6 Å². The number of imidazole rings is 2. The van der Waals surface area contributed by atoms with Gasteiger partial charge >= 0.3 is 24.3 Å². The minimum absolute atomic E-state index is 0.00122. The second-order valence-corrected chi connectivity index (χ2v) is 23.3. The number of alkyl halides is 6. The minimum atomic E-state index is -4.51. The van der Waals surface area contributed by atoms with Crippen LogP contribution in [0.5, 0.6) is 11.5 Å². The highest BCUT2D eigenvalue weighted by Gasteiger charge is 2.52. The highest BCUT2D eigenvalue weighted by molar-refractivity contribution is 6.76. The molecule has 348 valence electrons. The average molecular weight is 938 g/mol. The number of H-pyrrole nitrogens is 2. The highest BCUT2D eigenvalue weighted by atomic mass is 28.3. The topological polar surface area (TPSA) is 176 Å². The summed E-state index contributed by atoms with van der Waals surface area (Å²) in [7, 11) is -1.32. The van der Waals surface area contributed by atoms with Crippen molar-refractivity contribution in [3.05, 3.63) is 109 Å². The molecular formula is C46H47F6N6O7Si+. The Bertz CT molecular complexity index is 2620. The van der Waals surface area contributed by atoms with Gasteiger partial charge in [-0.25, -0.2) is 14.5 Å². The van der Waals surface area contributed by atoms with E-state index in [2.05, 4.69) is 44.6 Å². The van der Waals surface area contributed by atoms with Crippen molar-refractivity contribution in [1.29, 1.82) is 0 Å². The monoisotopic (exact) mass is 937 g/mol. The molecule has 0 amide bonds. The van der Waals surface area contributed by atoms with Gasteiger partial charge in [-0.05, 0) is 105 Å². The fraction of sp³-hybridized carbons (Fsp3) is 0.348. The first kappa shape index (κ1) is 47.4. The van der Waals surface area contributed by atoms with Crippen molar-refractivity contribution in [2.75, 3.05) is 19.8 Å². The number of carboxylic acids is 2. The first-order valence-electron chi connectivity index (χ1n) is 20.9. The van der Waals surface area contributed by atoms with E-state index in [-0.39, 0.29) is 31.6 Å². The Hall–Kier alpha value is -6.54. The van der Waals surface area contributed by atoms with Crippen molar-refractivity contribution in [2.45, 2.75) is 70.5 Å². The number of nitrogens with zero attached hydrogens (tertiary/aromatic N) is 4. The number of aromatic amines is 2. The molecule has 0 aliphatic heterocycles. The molecule has 13 nitrogen and oxygen atoms in total. The molecule has 8 rings (SSSR count). The number of rotatable bonds is 17. The third-order valence-corrected chi connectivity index (χ3v) is 13.0. The Morgan fingerprint density at radius 2 is 1.12 bits per heavy atom. The predicted molar refractivity (Wildman–Crippen MR) is 231 cm³/mol. The number of nitrogens with one attached hydrogen (secondary N) is 2. The van der Waals surface area contributed by atoms with E-state index in [1.165, 1.54) is 17.0 Å². The molecule has 4 aromatic heterocycles. The lowest BCUT2D eigenvalue weighted by molar-refractivity contribution is -0.721. The molecule has 2 aromatic carbocycles. The first-order valence-corrected chi connectivity index (χ1v) is 24.6. The maximum absolute atomic E-state index is 13.4. The number of carboxylic acid groups (broad SMARTS) is 2. The normalized spacial score (nSPS) is 15.0. The van der Waals surface area contributed by atoms with Gasteiger partial charge in [-0.15, -0.1) is 0 Å². The van der Waals surface area contributed by atoms with E-state index >= 15 is 0 Å². The van der Waals surface area contributed by atoms with Crippen LogP contribution in [0, 0.1) is 10.8 Å². The third-order valence-electron chi connectivity index (χ3n) is 11.3. The van der Waals surface area contributed by atoms with Crippen LogP contribution >= 0.6 is 0 Å². The van der Waals surface area contributed by atoms with E-state index in [9.17, 15) is 41.0 Å². The van der Waals surface area contributed by atoms with Gasteiger partial charge in [-0.1, -0.05) is 19.6 Å². The number of halogens is 6. The number of carbonyl (C=O) groups is 2. The lowest BCUT2D eigenvalue weighted by atomic mass is 10.1. The summed E-state index contributed by atoms with van der Waals surface area (Å²) >= 11 is 0. The molecule has 0 radical (unpaired) electrons. The maximum atomic E-state index is 13.4. The number of ether oxygens (including phenoxy) is 3. The van der Waals surface area contributed by atoms with Crippen molar-refractivity contribution in [2.24, 2.45) is 10.8 Å². The molecule has 20 heteroatoms. The Morgan fingerprint density at radius 3 is 1.52 bits per heavy atom. The molecule has 0 saturated heterocycles.